The quantitative estimate of drug-likeness (QED) is 0.167. The van der Waals surface area contributed by atoms with Crippen molar-refractivity contribution in [3.63, 3.8) is 0 Å². The molecule has 0 aliphatic rings. The standard InChI is InChI=1S/C52H30OS/c1-2-10-35-29-37(22-19-31(35)9-1)49-40-13-5-3-11-38(40)48(39-12-4-6-14-41(39)49)33-20-17-32(18-21-33)36-23-26-42-45(30-36)53-44-27-24-34-25-28-47-52(50(34)51(42)44)43-15-7-8-16-46(43)54-47/h1-30H. The van der Waals surface area contributed by atoms with Gasteiger partial charge in [0.2, 0.25) is 0 Å². The van der Waals surface area contributed by atoms with Gasteiger partial charge in [0, 0.05) is 36.3 Å². The Bertz CT molecular complexity index is 3430. The molecule has 0 radical (unpaired) electrons. The third-order valence-corrected chi connectivity index (χ3v) is 12.6. The Labute approximate surface area is 314 Å². The number of hydrogen-bond acceptors (Lipinski definition) is 2. The van der Waals surface area contributed by atoms with Crippen molar-refractivity contribution in [2.75, 3.05) is 0 Å². The van der Waals surface area contributed by atoms with Crippen molar-refractivity contribution in [1.82, 2.24) is 0 Å². The summed E-state index contributed by atoms with van der Waals surface area (Å²) in [6.07, 6.45) is 0. The van der Waals surface area contributed by atoms with Crippen LogP contribution in [0.1, 0.15) is 0 Å². The zero-order chi connectivity index (χ0) is 35.3. The normalized spacial score (nSPS) is 12.1. The van der Waals surface area contributed by atoms with E-state index in [1.165, 1.54) is 96.5 Å². The molecular weight excluding hydrogens is 673 g/mol. The Morgan fingerprint density at radius 2 is 0.870 bits per heavy atom. The number of furan rings is 1. The van der Waals surface area contributed by atoms with Gasteiger partial charge in [0.1, 0.15) is 11.2 Å². The maximum atomic E-state index is 6.62. The molecule has 10 aromatic carbocycles. The van der Waals surface area contributed by atoms with E-state index < -0.39 is 0 Å². The van der Waals surface area contributed by atoms with Crippen molar-refractivity contribution in [3.8, 4) is 33.4 Å². The predicted octanol–water partition coefficient (Wildman–Crippen LogP) is 15.6. The minimum Gasteiger partial charge on any atom is -0.456 e. The smallest absolute Gasteiger partial charge is 0.136 e. The van der Waals surface area contributed by atoms with Crippen LogP contribution >= 0.6 is 11.3 Å². The van der Waals surface area contributed by atoms with E-state index in [0.29, 0.717) is 0 Å². The van der Waals surface area contributed by atoms with Crippen LogP contribution in [0.4, 0.5) is 0 Å². The molecule has 0 saturated heterocycles. The van der Waals surface area contributed by atoms with Gasteiger partial charge in [-0.3, -0.25) is 0 Å². The first-order valence-corrected chi connectivity index (χ1v) is 19.3. The lowest BCUT2D eigenvalue weighted by Gasteiger charge is -2.18. The van der Waals surface area contributed by atoms with E-state index in [2.05, 4.69) is 182 Å². The molecule has 0 aliphatic heterocycles. The number of fused-ring (bicyclic) bond motifs is 12. The zero-order valence-corrected chi connectivity index (χ0v) is 30.0. The highest BCUT2D eigenvalue weighted by Crippen LogP contribution is 2.46. The van der Waals surface area contributed by atoms with Crippen LogP contribution in [0.3, 0.4) is 0 Å². The van der Waals surface area contributed by atoms with Crippen LogP contribution in [0.5, 0.6) is 0 Å². The van der Waals surface area contributed by atoms with Crippen LogP contribution in [0.2, 0.25) is 0 Å². The van der Waals surface area contributed by atoms with E-state index in [0.717, 1.165) is 22.1 Å². The highest BCUT2D eigenvalue weighted by Gasteiger charge is 2.19. The lowest BCUT2D eigenvalue weighted by Crippen LogP contribution is -1.91. The van der Waals surface area contributed by atoms with Crippen LogP contribution in [0.25, 0.3) is 119 Å². The average Bonchev–Trinajstić information content (AvgIpc) is 3.81. The van der Waals surface area contributed by atoms with E-state index >= 15 is 0 Å². The monoisotopic (exact) mass is 702 g/mol. The Kier molecular flexibility index (Phi) is 6.28. The van der Waals surface area contributed by atoms with Gasteiger partial charge in [0.05, 0.1) is 0 Å². The molecule has 12 rings (SSSR count). The van der Waals surface area contributed by atoms with Crippen LogP contribution in [0, 0.1) is 0 Å². The number of benzene rings is 10. The number of hydrogen-bond donors (Lipinski definition) is 0. The molecule has 0 N–H and O–H groups in total. The molecule has 1 nitrogen and oxygen atoms in total. The average molecular weight is 703 g/mol. The molecule has 54 heavy (non-hydrogen) atoms. The predicted molar refractivity (Wildman–Crippen MR) is 233 cm³/mol. The highest BCUT2D eigenvalue weighted by atomic mass is 32.1. The minimum atomic E-state index is 0.914. The van der Waals surface area contributed by atoms with E-state index in [4.69, 9.17) is 4.42 Å². The molecule has 2 heterocycles. The van der Waals surface area contributed by atoms with Crippen molar-refractivity contribution in [2.45, 2.75) is 0 Å². The van der Waals surface area contributed by atoms with Gasteiger partial charge in [0.15, 0.2) is 0 Å². The first-order valence-electron chi connectivity index (χ1n) is 18.5. The lowest BCUT2D eigenvalue weighted by atomic mass is 9.85. The van der Waals surface area contributed by atoms with Crippen molar-refractivity contribution in [1.29, 1.82) is 0 Å². The van der Waals surface area contributed by atoms with Gasteiger partial charge in [-0.2, -0.15) is 0 Å². The van der Waals surface area contributed by atoms with Crippen molar-refractivity contribution in [2.24, 2.45) is 0 Å². The van der Waals surface area contributed by atoms with Gasteiger partial charge in [-0.15, -0.1) is 11.3 Å². The summed E-state index contributed by atoms with van der Waals surface area (Å²) in [4.78, 5) is 0. The van der Waals surface area contributed by atoms with E-state index in [-0.39, 0.29) is 0 Å². The third-order valence-electron chi connectivity index (χ3n) is 11.4. The molecule has 0 aliphatic carbocycles. The molecular formula is C52H30OS. The highest BCUT2D eigenvalue weighted by molar-refractivity contribution is 7.26. The van der Waals surface area contributed by atoms with E-state index in [1.807, 2.05) is 11.3 Å². The molecule has 0 unspecified atom stereocenters. The first-order chi connectivity index (χ1) is 26.8. The Morgan fingerprint density at radius 3 is 1.63 bits per heavy atom. The molecule has 0 fully saturated rings. The van der Waals surface area contributed by atoms with Gasteiger partial charge >= 0.3 is 0 Å². The van der Waals surface area contributed by atoms with E-state index in [1.54, 1.807) is 0 Å². The summed E-state index contributed by atoms with van der Waals surface area (Å²) >= 11 is 1.86. The summed E-state index contributed by atoms with van der Waals surface area (Å²) in [5, 5.41) is 15.1. The zero-order valence-electron chi connectivity index (χ0n) is 29.1. The van der Waals surface area contributed by atoms with Crippen LogP contribution in [0.15, 0.2) is 186 Å². The van der Waals surface area contributed by atoms with Gasteiger partial charge in [-0.05, 0) is 107 Å². The topological polar surface area (TPSA) is 13.1 Å². The maximum Gasteiger partial charge on any atom is 0.136 e. The second-order valence-corrected chi connectivity index (χ2v) is 15.5. The minimum absolute atomic E-state index is 0.914. The fourth-order valence-electron chi connectivity index (χ4n) is 9.00. The lowest BCUT2D eigenvalue weighted by molar-refractivity contribution is 0.669. The second kappa shape index (κ2) is 11.4. The van der Waals surface area contributed by atoms with Crippen LogP contribution < -0.4 is 0 Å². The van der Waals surface area contributed by atoms with Crippen LogP contribution in [-0.2, 0) is 0 Å². The van der Waals surface area contributed by atoms with Gasteiger partial charge in [0.25, 0.3) is 0 Å². The van der Waals surface area contributed by atoms with Crippen molar-refractivity contribution in [3.05, 3.63) is 182 Å². The fraction of sp³-hybridized carbons (Fsp3) is 0. The molecule has 0 atom stereocenters. The first kappa shape index (κ1) is 29.8. The summed E-state index contributed by atoms with van der Waals surface area (Å²) in [5.41, 5.74) is 9.15. The summed E-state index contributed by atoms with van der Waals surface area (Å²) in [6, 6.07) is 66.7. The largest absolute Gasteiger partial charge is 0.456 e. The Morgan fingerprint density at radius 1 is 0.296 bits per heavy atom. The molecule has 250 valence electrons. The Balaban J connectivity index is 1.00. The summed E-state index contributed by atoms with van der Waals surface area (Å²) < 4.78 is 9.25. The fourth-order valence-corrected chi connectivity index (χ4v) is 10.1. The van der Waals surface area contributed by atoms with Crippen molar-refractivity contribution < 1.29 is 4.42 Å². The third kappa shape index (κ3) is 4.32. The van der Waals surface area contributed by atoms with Gasteiger partial charge < -0.3 is 4.42 Å². The summed E-state index contributed by atoms with van der Waals surface area (Å²) in [5.74, 6) is 0. The van der Waals surface area contributed by atoms with Gasteiger partial charge in [-0.25, -0.2) is 0 Å². The van der Waals surface area contributed by atoms with Gasteiger partial charge in [-0.1, -0.05) is 146 Å². The van der Waals surface area contributed by atoms with Crippen LogP contribution in [-0.4, -0.2) is 0 Å². The Hall–Kier alpha value is -6.74. The number of thiophene rings is 1. The molecule has 0 spiro atoms. The van der Waals surface area contributed by atoms with Crippen molar-refractivity contribution >= 4 is 96.5 Å². The molecule has 0 bridgehead atoms. The SMILES string of the molecule is c1ccc2cc(-c3c4ccccc4c(-c4ccc(-c5ccc6c(c5)oc5ccc7ccc8sc9ccccc9c8c7c56)cc4)c4ccccc34)ccc2c1. The summed E-state index contributed by atoms with van der Waals surface area (Å²) in [7, 11) is 0. The molecule has 0 amide bonds. The maximum absolute atomic E-state index is 6.62. The van der Waals surface area contributed by atoms with E-state index in [9.17, 15) is 0 Å². The molecule has 0 saturated carbocycles. The summed E-state index contributed by atoms with van der Waals surface area (Å²) in [6.45, 7) is 0. The number of rotatable bonds is 3. The molecule has 2 heteroatoms. The second-order valence-electron chi connectivity index (χ2n) is 14.4. The molecule has 2 aromatic heterocycles. The molecule has 12 aromatic rings.